The monoisotopic (exact) mass is 556 g/mol. The molecule has 3 unspecified atom stereocenters. The van der Waals surface area contributed by atoms with Gasteiger partial charge in [-0.2, -0.15) is 0 Å². The van der Waals surface area contributed by atoms with Crippen molar-refractivity contribution in [2.24, 2.45) is 22.7 Å². The van der Waals surface area contributed by atoms with Gasteiger partial charge in [0.1, 0.15) is 0 Å². The largest absolute Gasteiger partial charge is 0.284 e. The standard InChI is InChI=1S/C41H36N2/c1-27-10-2-3-11-34(27)41-37-14-6-4-12-35(37)40(36-13-5-7-15-38(36)41)31-20-19-28-22-30(18-17-29(28)23-31)32-24-33(26-42-25-32)39-16-8-9-21-43-39/h2-8,11-18,22-27,35,37H,9-10,19-21H2,1H3. The molecule has 2 aromatic carbocycles. The molecule has 3 aromatic rings. The average Bonchev–Trinajstić information content (AvgIpc) is 3.07. The predicted octanol–water partition coefficient (Wildman–Crippen LogP) is 7.72. The second-order valence-electron chi connectivity index (χ2n) is 12.4. The molecule has 2 heterocycles. The summed E-state index contributed by atoms with van der Waals surface area (Å²) in [6.45, 7) is 3.23. The second kappa shape index (κ2) is 10.9. The summed E-state index contributed by atoms with van der Waals surface area (Å²) in [5.41, 5.74) is 13.3. The summed E-state index contributed by atoms with van der Waals surface area (Å²) in [4.78, 5) is 9.27. The quantitative estimate of drug-likeness (QED) is 0.323. The number of fused-ring (bicyclic) bond motifs is 3. The summed E-state index contributed by atoms with van der Waals surface area (Å²) in [5.74, 6) is 1.25. The zero-order valence-corrected chi connectivity index (χ0v) is 24.7. The van der Waals surface area contributed by atoms with Gasteiger partial charge in [-0.1, -0.05) is 104 Å². The van der Waals surface area contributed by atoms with Crippen molar-refractivity contribution in [1.82, 2.24) is 4.98 Å². The van der Waals surface area contributed by atoms with Crippen LogP contribution >= 0.6 is 0 Å². The highest BCUT2D eigenvalue weighted by Crippen LogP contribution is 2.45. The minimum atomic E-state index is 0.353. The fraction of sp³-hybridized carbons (Fsp3) is 0.220. The van der Waals surface area contributed by atoms with Gasteiger partial charge < -0.3 is 0 Å². The zero-order valence-electron chi connectivity index (χ0n) is 24.7. The number of pyridine rings is 1. The van der Waals surface area contributed by atoms with Gasteiger partial charge in [-0.05, 0) is 93.2 Å². The smallest absolute Gasteiger partial charge is 0.0659 e. The van der Waals surface area contributed by atoms with Crippen LogP contribution in [-0.2, 0) is 6.42 Å². The van der Waals surface area contributed by atoms with E-state index in [1.807, 2.05) is 12.4 Å². The number of aliphatic imine (C=N–C) groups is 1. The number of hydrogen-bond acceptors (Lipinski definition) is 2. The molecule has 5 aliphatic rings. The number of aryl methyl sites for hydroxylation is 1. The molecule has 0 N–H and O–H groups in total. The first-order valence-corrected chi connectivity index (χ1v) is 15.8. The van der Waals surface area contributed by atoms with Crippen molar-refractivity contribution < 1.29 is 0 Å². The minimum Gasteiger partial charge on any atom is -0.284 e. The van der Waals surface area contributed by atoms with Crippen molar-refractivity contribution in [3.05, 3.63) is 154 Å². The van der Waals surface area contributed by atoms with Crippen molar-refractivity contribution in [3.63, 3.8) is 0 Å². The lowest BCUT2D eigenvalue weighted by atomic mass is 9.67. The van der Waals surface area contributed by atoms with Crippen molar-refractivity contribution in [1.29, 1.82) is 0 Å². The third kappa shape index (κ3) is 4.66. The van der Waals surface area contributed by atoms with Gasteiger partial charge >= 0.3 is 0 Å². The molecule has 0 saturated carbocycles. The van der Waals surface area contributed by atoms with E-state index in [1.54, 1.807) is 0 Å². The van der Waals surface area contributed by atoms with Crippen LogP contribution < -0.4 is 10.4 Å². The van der Waals surface area contributed by atoms with Crippen molar-refractivity contribution in [2.45, 2.75) is 32.6 Å². The molecular weight excluding hydrogens is 520 g/mol. The summed E-state index contributed by atoms with van der Waals surface area (Å²) < 4.78 is 0. The van der Waals surface area contributed by atoms with Gasteiger partial charge in [-0.3, -0.25) is 9.98 Å². The van der Waals surface area contributed by atoms with Crippen molar-refractivity contribution in [2.75, 3.05) is 6.54 Å². The normalized spacial score (nSPS) is 23.7. The van der Waals surface area contributed by atoms with E-state index < -0.39 is 0 Å². The van der Waals surface area contributed by atoms with Crippen LogP contribution in [0.25, 0.3) is 28.3 Å². The summed E-state index contributed by atoms with van der Waals surface area (Å²) in [6, 6.07) is 18.4. The number of nitrogens with zero attached hydrogens (tertiary/aromatic N) is 2. The van der Waals surface area contributed by atoms with Crippen LogP contribution in [0.3, 0.4) is 0 Å². The van der Waals surface area contributed by atoms with Gasteiger partial charge in [-0.15, -0.1) is 0 Å². The Morgan fingerprint density at radius 1 is 0.767 bits per heavy atom. The minimum absolute atomic E-state index is 0.353. The number of allylic oxidation sites excluding steroid dienone is 10. The van der Waals surface area contributed by atoms with E-state index in [0.717, 1.165) is 49.1 Å². The Morgan fingerprint density at radius 3 is 2.40 bits per heavy atom. The number of benzene rings is 2. The lowest BCUT2D eigenvalue weighted by Gasteiger charge is -2.37. The van der Waals surface area contributed by atoms with Gasteiger partial charge in [0.15, 0.2) is 0 Å². The maximum atomic E-state index is 4.70. The SMILES string of the molecule is CC1CC=CC=C1C1=c2ccccc2=C(C2=Cc3ccc(-c4cncc(C5=NCCC=C5)c4)cc3CC2)C2C=CC=CC12. The van der Waals surface area contributed by atoms with E-state index in [9.17, 15) is 0 Å². The van der Waals surface area contributed by atoms with Crippen molar-refractivity contribution >= 4 is 22.9 Å². The summed E-state index contributed by atoms with van der Waals surface area (Å²) >= 11 is 0. The van der Waals surface area contributed by atoms with Crippen LogP contribution in [0, 0.1) is 17.8 Å². The van der Waals surface area contributed by atoms with Crippen LogP contribution in [-0.4, -0.2) is 17.2 Å². The average molecular weight is 557 g/mol. The second-order valence-corrected chi connectivity index (χ2v) is 12.4. The summed E-state index contributed by atoms with van der Waals surface area (Å²) in [5, 5.41) is 2.83. The predicted molar refractivity (Wildman–Crippen MR) is 180 cm³/mol. The molecule has 0 radical (unpaired) electrons. The van der Waals surface area contributed by atoms with E-state index >= 15 is 0 Å². The molecule has 2 nitrogen and oxygen atoms in total. The van der Waals surface area contributed by atoms with Crippen LogP contribution in [0.15, 0.2) is 132 Å². The van der Waals surface area contributed by atoms with E-state index in [2.05, 4.69) is 121 Å². The van der Waals surface area contributed by atoms with E-state index in [4.69, 9.17) is 4.99 Å². The highest BCUT2D eigenvalue weighted by Gasteiger charge is 2.34. The van der Waals surface area contributed by atoms with Gasteiger partial charge in [0.25, 0.3) is 0 Å². The first-order chi connectivity index (χ1) is 21.2. The molecule has 210 valence electrons. The number of hydrogen-bond donors (Lipinski definition) is 0. The molecule has 8 rings (SSSR count). The van der Waals surface area contributed by atoms with Crippen LogP contribution in [0.5, 0.6) is 0 Å². The van der Waals surface area contributed by atoms with Crippen LogP contribution in [0.1, 0.15) is 42.9 Å². The molecule has 2 heteroatoms. The Kier molecular flexibility index (Phi) is 6.63. The molecule has 0 saturated heterocycles. The molecule has 0 fully saturated rings. The Hall–Kier alpha value is -4.56. The third-order valence-corrected chi connectivity index (χ3v) is 9.76. The lowest BCUT2D eigenvalue weighted by Crippen LogP contribution is -2.41. The Bertz CT molecular complexity index is 1970. The first kappa shape index (κ1) is 26.1. The molecule has 4 aliphatic carbocycles. The molecule has 1 aliphatic heterocycles. The third-order valence-electron chi connectivity index (χ3n) is 9.76. The molecule has 0 bridgehead atoms. The van der Waals surface area contributed by atoms with E-state index in [1.165, 1.54) is 49.4 Å². The maximum Gasteiger partial charge on any atom is 0.0659 e. The van der Waals surface area contributed by atoms with Crippen molar-refractivity contribution in [3.8, 4) is 11.1 Å². The van der Waals surface area contributed by atoms with Gasteiger partial charge in [0.2, 0.25) is 0 Å². The molecular formula is C41H36N2. The number of rotatable bonds is 4. The highest BCUT2D eigenvalue weighted by molar-refractivity contribution is 6.09. The molecule has 3 atom stereocenters. The molecule has 0 spiro atoms. The van der Waals surface area contributed by atoms with Crippen LogP contribution in [0.2, 0.25) is 0 Å². The van der Waals surface area contributed by atoms with Gasteiger partial charge in [0, 0.05) is 41.9 Å². The highest BCUT2D eigenvalue weighted by atomic mass is 14.7. The first-order valence-electron chi connectivity index (χ1n) is 15.8. The topological polar surface area (TPSA) is 25.2 Å². The number of dihydropyridines is 1. The van der Waals surface area contributed by atoms with E-state index in [-0.39, 0.29) is 0 Å². The maximum absolute atomic E-state index is 4.70. The van der Waals surface area contributed by atoms with Gasteiger partial charge in [-0.25, -0.2) is 0 Å². The van der Waals surface area contributed by atoms with Gasteiger partial charge in [0.05, 0.1) is 5.71 Å². The summed E-state index contributed by atoms with van der Waals surface area (Å²) in [7, 11) is 0. The zero-order chi connectivity index (χ0) is 28.8. The molecule has 43 heavy (non-hydrogen) atoms. The fourth-order valence-electron chi connectivity index (χ4n) is 7.62. The van der Waals surface area contributed by atoms with E-state index in [0.29, 0.717) is 17.8 Å². The number of aromatic nitrogens is 1. The molecule has 1 aromatic heterocycles. The summed E-state index contributed by atoms with van der Waals surface area (Å²) in [6.07, 6.45) is 31.3. The van der Waals surface area contributed by atoms with Crippen LogP contribution in [0.4, 0.5) is 0 Å². The Balaban J connectivity index is 1.23. The lowest BCUT2D eigenvalue weighted by molar-refractivity contribution is 0.641. The fourth-order valence-corrected chi connectivity index (χ4v) is 7.62. The Labute approximate surface area is 254 Å². The molecule has 0 amide bonds. The Morgan fingerprint density at radius 2 is 1.58 bits per heavy atom.